The van der Waals surface area contributed by atoms with Gasteiger partial charge in [-0.3, -0.25) is 9.59 Å². The van der Waals surface area contributed by atoms with Gasteiger partial charge in [-0.05, 0) is 41.8 Å². The molecule has 0 radical (unpaired) electrons. The number of hydrogen-bond donors (Lipinski definition) is 0. The second kappa shape index (κ2) is 9.22. The Bertz CT molecular complexity index is 1170. The molecule has 0 spiro atoms. The Kier molecular flexibility index (Phi) is 5.99. The number of rotatable bonds is 3. The summed E-state index contributed by atoms with van der Waals surface area (Å²) < 4.78 is 14.1. The molecule has 5 rings (SSSR count). The summed E-state index contributed by atoms with van der Waals surface area (Å²) in [6, 6.07) is 20.5. The number of fused-ring (bicyclic) bond motifs is 1. The van der Waals surface area contributed by atoms with E-state index in [4.69, 9.17) is 0 Å². The first-order chi connectivity index (χ1) is 16.1. The van der Waals surface area contributed by atoms with Crippen LogP contribution in [0, 0.1) is 11.7 Å². The molecule has 6 heteroatoms. The number of benzene rings is 3. The predicted molar refractivity (Wildman–Crippen MR) is 128 cm³/mol. The SMILES string of the molecule is O=C(c1cccc2ccccc12)N1CCCC(C(=O)N2CCN(c3ccccc3F)CC2)C1. The summed E-state index contributed by atoms with van der Waals surface area (Å²) in [5.74, 6) is -0.308. The zero-order valence-corrected chi connectivity index (χ0v) is 18.6. The van der Waals surface area contributed by atoms with Gasteiger partial charge in [0.2, 0.25) is 5.91 Å². The summed E-state index contributed by atoms with van der Waals surface area (Å²) in [6.07, 6.45) is 1.62. The molecule has 2 heterocycles. The van der Waals surface area contributed by atoms with Crippen molar-refractivity contribution in [1.82, 2.24) is 9.80 Å². The van der Waals surface area contributed by atoms with E-state index in [1.807, 2.05) is 63.2 Å². The highest BCUT2D eigenvalue weighted by Crippen LogP contribution is 2.26. The van der Waals surface area contributed by atoms with Crippen molar-refractivity contribution in [2.45, 2.75) is 12.8 Å². The summed E-state index contributed by atoms with van der Waals surface area (Å²) in [7, 11) is 0. The number of likely N-dealkylation sites (tertiary alicyclic amines) is 1. The van der Waals surface area contributed by atoms with Crippen LogP contribution in [0.2, 0.25) is 0 Å². The smallest absolute Gasteiger partial charge is 0.254 e. The highest BCUT2D eigenvalue weighted by atomic mass is 19.1. The monoisotopic (exact) mass is 445 g/mol. The second-order valence-electron chi connectivity index (χ2n) is 8.88. The van der Waals surface area contributed by atoms with E-state index in [0.29, 0.717) is 50.5 Å². The third kappa shape index (κ3) is 4.30. The first kappa shape index (κ1) is 21.4. The van der Waals surface area contributed by atoms with E-state index >= 15 is 0 Å². The number of anilines is 1. The molecule has 1 unspecified atom stereocenters. The molecule has 170 valence electrons. The summed E-state index contributed by atoms with van der Waals surface area (Å²) in [5, 5.41) is 1.99. The standard InChI is InChI=1S/C27H28FN3O2/c28-24-12-3-4-13-25(24)29-15-17-30(18-16-29)26(32)21-9-6-14-31(19-21)27(33)23-11-5-8-20-7-1-2-10-22(20)23/h1-5,7-8,10-13,21H,6,9,14-19H2. The van der Waals surface area contributed by atoms with Gasteiger partial charge in [-0.15, -0.1) is 0 Å². The van der Waals surface area contributed by atoms with E-state index in [1.165, 1.54) is 6.07 Å². The maximum Gasteiger partial charge on any atom is 0.254 e. The quantitative estimate of drug-likeness (QED) is 0.608. The molecule has 0 aromatic heterocycles. The van der Waals surface area contributed by atoms with Crippen LogP contribution < -0.4 is 4.90 Å². The Labute approximate surface area is 193 Å². The third-order valence-electron chi connectivity index (χ3n) is 6.86. The van der Waals surface area contributed by atoms with Crippen LogP contribution in [0.15, 0.2) is 66.7 Å². The van der Waals surface area contributed by atoms with Crippen molar-refractivity contribution in [3.8, 4) is 0 Å². The first-order valence-electron chi connectivity index (χ1n) is 11.7. The lowest BCUT2D eigenvalue weighted by Crippen LogP contribution is -2.53. The second-order valence-corrected chi connectivity index (χ2v) is 8.88. The van der Waals surface area contributed by atoms with Gasteiger partial charge in [0.05, 0.1) is 11.6 Å². The minimum Gasteiger partial charge on any atom is -0.366 e. The Hall–Kier alpha value is -3.41. The van der Waals surface area contributed by atoms with E-state index in [2.05, 4.69) is 0 Å². The van der Waals surface area contributed by atoms with Crippen molar-refractivity contribution in [1.29, 1.82) is 0 Å². The highest BCUT2D eigenvalue weighted by molar-refractivity contribution is 6.07. The van der Waals surface area contributed by atoms with Crippen LogP contribution in [0.4, 0.5) is 10.1 Å². The first-order valence-corrected chi connectivity index (χ1v) is 11.7. The number of hydrogen-bond acceptors (Lipinski definition) is 3. The van der Waals surface area contributed by atoms with Crippen LogP contribution >= 0.6 is 0 Å². The lowest BCUT2D eigenvalue weighted by atomic mass is 9.95. The lowest BCUT2D eigenvalue weighted by molar-refractivity contribution is -0.137. The predicted octanol–water partition coefficient (Wildman–Crippen LogP) is 4.18. The van der Waals surface area contributed by atoms with Gasteiger partial charge in [-0.2, -0.15) is 0 Å². The largest absolute Gasteiger partial charge is 0.366 e. The van der Waals surface area contributed by atoms with Crippen LogP contribution in [-0.4, -0.2) is 60.9 Å². The van der Waals surface area contributed by atoms with Crippen molar-refractivity contribution >= 4 is 28.3 Å². The molecule has 1 atom stereocenters. The summed E-state index contributed by atoms with van der Waals surface area (Å²) in [5.41, 5.74) is 1.29. The molecule has 2 fully saturated rings. The molecule has 33 heavy (non-hydrogen) atoms. The fraction of sp³-hybridized carbons (Fsp3) is 0.333. The van der Waals surface area contributed by atoms with Gasteiger partial charge in [0.15, 0.2) is 0 Å². The Morgan fingerprint density at radius 1 is 0.788 bits per heavy atom. The van der Waals surface area contributed by atoms with E-state index in [1.54, 1.807) is 12.1 Å². The van der Waals surface area contributed by atoms with Crippen LogP contribution in [0.3, 0.4) is 0 Å². The summed E-state index contributed by atoms with van der Waals surface area (Å²) in [6.45, 7) is 3.49. The van der Waals surface area contributed by atoms with E-state index in [0.717, 1.165) is 23.6 Å². The number of para-hydroxylation sites is 1. The molecule has 3 aromatic carbocycles. The molecular formula is C27H28FN3O2. The number of piperidine rings is 1. The van der Waals surface area contributed by atoms with Gasteiger partial charge in [0.1, 0.15) is 5.82 Å². The molecule has 2 saturated heterocycles. The normalized spacial score (nSPS) is 19.1. The summed E-state index contributed by atoms with van der Waals surface area (Å²) in [4.78, 5) is 32.3. The minimum atomic E-state index is -0.229. The fourth-order valence-corrected chi connectivity index (χ4v) is 5.08. The zero-order chi connectivity index (χ0) is 22.8. The topological polar surface area (TPSA) is 43.9 Å². The third-order valence-corrected chi connectivity index (χ3v) is 6.86. The number of nitrogens with zero attached hydrogens (tertiary/aromatic N) is 3. The van der Waals surface area contributed by atoms with Crippen LogP contribution in [-0.2, 0) is 4.79 Å². The van der Waals surface area contributed by atoms with Gasteiger partial charge in [0.25, 0.3) is 5.91 Å². The van der Waals surface area contributed by atoms with Gasteiger partial charge in [0, 0.05) is 44.8 Å². The molecule has 3 aromatic rings. The zero-order valence-electron chi connectivity index (χ0n) is 18.6. The van der Waals surface area contributed by atoms with Crippen molar-refractivity contribution in [3.05, 3.63) is 78.1 Å². The maximum atomic E-state index is 14.1. The van der Waals surface area contributed by atoms with Crippen LogP contribution in [0.25, 0.3) is 10.8 Å². The Balaban J connectivity index is 1.24. The van der Waals surface area contributed by atoms with E-state index < -0.39 is 0 Å². The molecule has 0 saturated carbocycles. The molecule has 0 aliphatic carbocycles. The average Bonchev–Trinajstić information content (AvgIpc) is 2.88. The lowest BCUT2D eigenvalue weighted by Gasteiger charge is -2.39. The molecule has 0 bridgehead atoms. The summed E-state index contributed by atoms with van der Waals surface area (Å²) >= 11 is 0. The highest BCUT2D eigenvalue weighted by Gasteiger charge is 2.33. The maximum absolute atomic E-state index is 14.1. The van der Waals surface area contributed by atoms with Gasteiger partial charge < -0.3 is 14.7 Å². The molecular weight excluding hydrogens is 417 g/mol. The van der Waals surface area contributed by atoms with Crippen LogP contribution in [0.1, 0.15) is 23.2 Å². The molecule has 2 aliphatic rings. The van der Waals surface area contributed by atoms with Gasteiger partial charge >= 0.3 is 0 Å². The minimum absolute atomic E-state index is 0.00586. The van der Waals surface area contributed by atoms with E-state index in [9.17, 15) is 14.0 Å². The fourth-order valence-electron chi connectivity index (χ4n) is 5.08. The molecule has 0 N–H and O–H groups in total. The number of carbonyl (C=O) groups excluding carboxylic acids is 2. The van der Waals surface area contributed by atoms with Crippen molar-refractivity contribution in [2.75, 3.05) is 44.2 Å². The molecule has 5 nitrogen and oxygen atoms in total. The Morgan fingerprint density at radius 3 is 2.33 bits per heavy atom. The van der Waals surface area contributed by atoms with Crippen LogP contribution in [0.5, 0.6) is 0 Å². The Morgan fingerprint density at radius 2 is 1.52 bits per heavy atom. The van der Waals surface area contributed by atoms with Crippen molar-refractivity contribution < 1.29 is 14.0 Å². The van der Waals surface area contributed by atoms with E-state index in [-0.39, 0.29) is 23.5 Å². The number of piperazine rings is 1. The van der Waals surface area contributed by atoms with Crippen molar-refractivity contribution in [2.24, 2.45) is 5.92 Å². The number of amides is 2. The number of halogens is 1. The molecule has 2 aliphatic heterocycles. The van der Waals surface area contributed by atoms with Crippen molar-refractivity contribution in [3.63, 3.8) is 0 Å². The average molecular weight is 446 g/mol. The van der Waals surface area contributed by atoms with Gasteiger partial charge in [-0.1, -0.05) is 48.5 Å². The van der Waals surface area contributed by atoms with Gasteiger partial charge in [-0.25, -0.2) is 4.39 Å². The number of carbonyl (C=O) groups is 2. The molecule has 2 amide bonds.